The lowest BCUT2D eigenvalue weighted by Crippen LogP contribution is -2.51. The van der Waals surface area contributed by atoms with E-state index in [4.69, 9.17) is 4.74 Å². The average Bonchev–Trinajstić information content (AvgIpc) is 2.41. The number of nitrogens with one attached hydrogen (secondary N) is 2. The van der Waals surface area contributed by atoms with E-state index in [0.29, 0.717) is 5.75 Å². The van der Waals surface area contributed by atoms with E-state index in [0.717, 1.165) is 19.4 Å². The molecule has 19 heavy (non-hydrogen) atoms. The quantitative estimate of drug-likeness (QED) is 0.869. The fourth-order valence-electron chi connectivity index (χ4n) is 2.24. The summed E-state index contributed by atoms with van der Waals surface area (Å²) in [6.07, 6.45) is 1.84. The summed E-state index contributed by atoms with van der Waals surface area (Å²) >= 11 is 0. The molecule has 2 atom stereocenters. The molecule has 1 aromatic rings. The molecule has 0 spiro atoms. The number of sulfonamides is 1. The van der Waals surface area contributed by atoms with Crippen molar-refractivity contribution in [3.05, 3.63) is 24.3 Å². The molecule has 5 nitrogen and oxygen atoms in total. The van der Waals surface area contributed by atoms with Crippen molar-refractivity contribution in [2.45, 2.75) is 36.7 Å². The Balaban J connectivity index is 2.17. The molecule has 0 aliphatic carbocycles. The summed E-state index contributed by atoms with van der Waals surface area (Å²) in [4.78, 5) is 0.240. The molecule has 1 saturated heterocycles. The van der Waals surface area contributed by atoms with Crippen molar-refractivity contribution in [3.8, 4) is 5.75 Å². The van der Waals surface area contributed by atoms with Crippen molar-refractivity contribution in [3.63, 3.8) is 0 Å². The van der Waals surface area contributed by atoms with Crippen molar-refractivity contribution in [1.82, 2.24) is 10.0 Å². The predicted octanol–water partition coefficient (Wildman–Crippen LogP) is 1.11. The predicted molar refractivity (Wildman–Crippen MR) is 73.8 cm³/mol. The van der Waals surface area contributed by atoms with Gasteiger partial charge < -0.3 is 10.1 Å². The molecule has 1 fully saturated rings. The second kappa shape index (κ2) is 5.90. The Kier molecular flexibility index (Phi) is 4.44. The first-order valence-corrected chi connectivity index (χ1v) is 7.91. The molecular weight excluding hydrogens is 264 g/mol. The van der Waals surface area contributed by atoms with Gasteiger partial charge in [0.25, 0.3) is 0 Å². The van der Waals surface area contributed by atoms with Crippen LogP contribution in [0.5, 0.6) is 5.75 Å². The summed E-state index contributed by atoms with van der Waals surface area (Å²) < 4.78 is 32.5. The van der Waals surface area contributed by atoms with E-state index in [1.165, 1.54) is 13.2 Å². The van der Waals surface area contributed by atoms with E-state index in [1.54, 1.807) is 18.2 Å². The summed E-state index contributed by atoms with van der Waals surface area (Å²) in [7, 11) is -1.98. The van der Waals surface area contributed by atoms with Crippen LogP contribution in [0.25, 0.3) is 0 Å². The topological polar surface area (TPSA) is 67.4 Å². The lowest BCUT2D eigenvalue weighted by atomic mass is 10.0. The standard InChI is InChI=1S/C13H20N2O3S/c1-10-13(7-4-8-14-10)15-19(16,17)12-6-3-5-11(9-12)18-2/h3,5-6,9-10,13-15H,4,7-8H2,1-2H3. The highest BCUT2D eigenvalue weighted by atomic mass is 32.2. The van der Waals surface area contributed by atoms with Crippen LogP contribution in [-0.4, -0.2) is 34.2 Å². The lowest BCUT2D eigenvalue weighted by Gasteiger charge is -2.30. The minimum Gasteiger partial charge on any atom is -0.497 e. The molecule has 2 N–H and O–H groups in total. The van der Waals surface area contributed by atoms with Crippen LogP contribution in [0.4, 0.5) is 0 Å². The van der Waals surface area contributed by atoms with E-state index in [9.17, 15) is 8.42 Å². The van der Waals surface area contributed by atoms with Gasteiger partial charge in [-0.1, -0.05) is 6.07 Å². The fraction of sp³-hybridized carbons (Fsp3) is 0.538. The number of benzene rings is 1. The normalized spacial score (nSPS) is 24.1. The largest absolute Gasteiger partial charge is 0.497 e. The molecule has 0 bridgehead atoms. The Morgan fingerprint density at radius 3 is 2.89 bits per heavy atom. The molecule has 1 aromatic carbocycles. The van der Waals surface area contributed by atoms with Crippen LogP contribution in [0.2, 0.25) is 0 Å². The third-order valence-corrected chi connectivity index (χ3v) is 4.91. The molecule has 1 heterocycles. The van der Waals surface area contributed by atoms with Crippen molar-refractivity contribution >= 4 is 10.0 Å². The van der Waals surface area contributed by atoms with Crippen LogP contribution < -0.4 is 14.8 Å². The Hall–Kier alpha value is -1.11. The van der Waals surface area contributed by atoms with Crippen LogP contribution in [0, 0.1) is 0 Å². The Morgan fingerprint density at radius 2 is 2.21 bits per heavy atom. The minimum atomic E-state index is -3.50. The Labute approximate surface area is 114 Å². The number of piperidine rings is 1. The fourth-order valence-corrected chi connectivity index (χ4v) is 3.63. The SMILES string of the molecule is COc1cccc(S(=O)(=O)NC2CCCNC2C)c1. The maximum absolute atomic E-state index is 12.3. The minimum absolute atomic E-state index is 0.0649. The first-order valence-electron chi connectivity index (χ1n) is 6.43. The van der Waals surface area contributed by atoms with Gasteiger partial charge in [-0.25, -0.2) is 13.1 Å². The summed E-state index contributed by atoms with van der Waals surface area (Å²) in [5.74, 6) is 0.540. The van der Waals surface area contributed by atoms with Gasteiger partial charge in [0.05, 0.1) is 12.0 Å². The molecule has 0 aromatic heterocycles. The van der Waals surface area contributed by atoms with Gasteiger partial charge in [0.2, 0.25) is 10.0 Å². The first-order chi connectivity index (χ1) is 9.03. The first kappa shape index (κ1) is 14.3. The van der Waals surface area contributed by atoms with Gasteiger partial charge in [0, 0.05) is 18.2 Å². The van der Waals surface area contributed by atoms with Gasteiger partial charge in [-0.05, 0) is 38.4 Å². The van der Waals surface area contributed by atoms with Gasteiger partial charge >= 0.3 is 0 Å². The monoisotopic (exact) mass is 284 g/mol. The van der Waals surface area contributed by atoms with Gasteiger partial charge in [0.1, 0.15) is 5.75 Å². The van der Waals surface area contributed by atoms with Gasteiger partial charge in [0.15, 0.2) is 0 Å². The molecular formula is C13H20N2O3S. The zero-order valence-electron chi connectivity index (χ0n) is 11.2. The molecule has 2 unspecified atom stereocenters. The van der Waals surface area contributed by atoms with Crippen molar-refractivity contribution in [1.29, 1.82) is 0 Å². The molecule has 1 aliphatic rings. The Bertz CT molecular complexity index is 530. The summed E-state index contributed by atoms with van der Waals surface area (Å²) in [5.41, 5.74) is 0. The van der Waals surface area contributed by atoms with Crippen molar-refractivity contribution in [2.75, 3.05) is 13.7 Å². The van der Waals surface area contributed by atoms with E-state index in [2.05, 4.69) is 10.0 Å². The third kappa shape index (κ3) is 3.46. The molecule has 2 rings (SSSR count). The molecule has 6 heteroatoms. The maximum Gasteiger partial charge on any atom is 0.241 e. The van der Waals surface area contributed by atoms with Gasteiger partial charge in [-0.2, -0.15) is 0 Å². The highest BCUT2D eigenvalue weighted by molar-refractivity contribution is 7.89. The Morgan fingerprint density at radius 1 is 1.42 bits per heavy atom. The number of methoxy groups -OCH3 is 1. The number of rotatable bonds is 4. The average molecular weight is 284 g/mol. The van der Waals surface area contributed by atoms with E-state index in [-0.39, 0.29) is 17.0 Å². The maximum atomic E-state index is 12.3. The molecule has 0 amide bonds. The number of hydrogen-bond acceptors (Lipinski definition) is 4. The highest BCUT2D eigenvalue weighted by Crippen LogP contribution is 2.18. The second-order valence-electron chi connectivity index (χ2n) is 4.79. The zero-order valence-corrected chi connectivity index (χ0v) is 12.0. The number of ether oxygens (including phenoxy) is 1. The van der Waals surface area contributed by atoms with Crippen LogP contribution in [0.3, 0.4) is 0 Å². The third-order valence-electron chi connectivity index (χ3n) is 3.42. The molecule has 106 valence electrons. The molecule has 0 saturated carbocycles. The van der Waals surface area contributed by atoms with Crippen molar-refractivity contribution < 1.29 is 13.2 Å². The van der Waals surface area contributed by atoms with Gasteiger partial charge in [-0.15, -0.1) is 0 Å². The van der Waals surface area contributed by atoms with E-state index >= 15 is 0 Å². The summed E-state index contributed by atoms with van der Waals surface area (Å²) in [6.45, 7) is 2.94. The van der Waals surface area contributed by atoms with Crippen LogP contribution in [0.15, 0.2) is 29.2 Å². The molecule has 0 radical (unpaired) electrons. The number of hydrogen-bond donors (Lipinski definition) is 2. The van der Waals surface area contributed by atoms with Crippen LogP contribution >= 0.6 is 0 Å². The van der Waals surface area contributed by atoms with E-state index < -0.39 is 10.0 Å². The second-order valence-corrected chi connectivity index (χ2v) is 6.51. The summed E-state index contributed by atoms with van der Waals surface area (Å²) in [6, 6.07) is 6.59. The highest BCUT2D eigenvalue weighted by Gasteiger charge is 2.26. The van der Waals surface area contributed by atoms with Crippen LogP contribution in [0.1, 0.15) is 19.8 Å². The molecule has 1 aliphatic heterocycles. The smallest absolute Gasteiger partial charge is 0.241 e. The lowest BCUT2D eigenvalue weighted by molar-refractivity contribution is 0.348. The van der Waals surface area contributed by atoms with Gasteiger partial charge in [-0.3, -0.25) is 0 Å². The van der Waals surface area contributed by atoms with Crippen molar-refractivity contribution in [2.24, 2.45) is 0 Å². The van der Waals surface area contributed by atoms with Crippen LogP contribution in [-0.2, 0) is 10.0 Å². The van der Waals surface area contributed by atoms with E-state index in [1.807, 2.05) is 6.92 Å². The zero-order chi connectivity index (χ0) is 13.9. The summed E-state index contributed by atoms with van der Waals surface area (Å²) in [5, 5.41) is 3.28.